The molecule has 1 atom stereocenters. The van der Waals surface area contributed by atoms with E-state index >= 15 is 0 Å². The molecule has 0 bridgehead atoms. The zero-order valence-corrected chi connectivity index (χ0v) is 12.4. The van der Waals surface area contributed by atoms with Gasteiger partial charge in [0.25, 0.3) is 0 Å². The van der Waals surface area contributed by atoms with Gasteiger partial charge in [-0.25, -0.2) is 0 Å². The number of hydrogen-bond donors (Lipinski definition) is 1. The maximum atomic E-state index is 4.66. The molecule has 0 aromatic carbocycles. The van der Waals surface area contributed by atoms with Crippen molar-refractivity contribution in [2.45, 2.75) is 59.4 Å². The lowest BCUT2D eigenvalue weighted by Crippen LogP contribution is -2.23. The Morgan fingerprint density at radius 1 is 1.22 bits per heavy atom. The predicted molar refractivity (Wildman–Crippen MR) is 78.7 cm³/mol. The molecule has 2 heteroatoms. The van der Waals surface area contributed by atoms with E-state index in [4.69, 9.17) is 0 Å². The Labute approximate surface area is 112 Å². The smallest absolute Gasteiger partial charge is 0.0576 e. The minimum absolute atomic E-state index is 0.420. The average molecular weight is 248 g/mol. The summed E-state index contributed by atoms with van der Waals surface area (Å²) in [5.74, 6) is 0.794. The first kappa shape index (κ1) is 15.2. The van der Waals surface area contributed by atoms with Gasteiger partial charge in [0.2, 0.25) is 0 Å². The molecule has 102 valence electrons. The van der Waals surface area contributed by atoms with E-state index in [1.807, 2.05) is 0 Å². The third-order valence-corrected chi connectivity index (χ3v) is 3.18. The minimum atomic E-state index is 0.420. The fraction of sp³-hybridized carbons (Fsp3) is 0.688. The molecule has 0 aliphatic carbocycles. The molecule has 18 heavy (non-hydrogen) atoms. The molecule has 0 radical (unpaired) electrons. The van der Waals surface area contributed by atoms with Crippen molar-refractivity contribution < 1.29 is 0 Å². The lowest BCUT2D eigenvalue weighted by molar-refractivity contribution is 0.440. The number of nitrogens with zero attached hydrogens (tertiary/aromatic N) is 1. The number of rotatable bonds is 8. The topological polar surface area (TPSA) is 24.9 Å². The Morgan fingerprint density at radius 3 is 2.61 bits per heavy atom. The molecule has 0 saturated carbocycles. The first-order valence-electron chi connectivity index (χ1n) is 7.30. The molecule has 2 nitrogen and oxygen atoms in total. The molecule has 1 heterocycles. The largest absolute Gasteiger partial charge is 0.309 e. The van der Waals surface area contributed by atoms with E-state index in [2.05, 4.69) is 56.2 Å². The van der Waals surface area contributed by atoms with Gasteiger partial charge in [-0.3, -0.25) is 4.98 Å². The Balaban J connectivity index is 2.59. The second kappa shape index (κ2) is 8.25. The fourth-order valence-corrected chi connectivity index (χ4v) is 2.16. The normalized spacial score (nSPS) is 12.9. The van der Waals surface area contributed by atoms with Crippen LogP contribution in [0.5, 0.6) is 0 Å². The average Bonchev–Trinajstić information content (AvgIpc) is 2.33. The quantitative estimate of drug-likeness (QED) is 0.743. The van der Waals surface area contributed by atoms with E-state index in [9.17, 15) is 0 Å². The predicted octanol–water partition coefficient (Wildman–Crippen LogP) is 4.26. The van der Waals surface area contributed by atoms with Crippen molar-refractivity contribution in [3.8, 4) is 0 Å². The van der Waals surface area contributed by atoms with Crippen LogP contribution in [0.25, 0.3) is 0 Å². The highest BCUT2D eigenvalue weighted by Crippen LogP contribution is 2.19. The summed E-state index contributed by atoms with van der Waals surface area (Å²) in [4.78, 5) is 4.66. The molecule has 0 aliphatic heterocycles. The molecule has 0 saturated heterocycles. The van der Waals surface area contributed by atoms with Crippen molar-refractivity contribution in [2.75, 3.05) is 6.54 Å². The van der Waals surface area contributed by atoms with E-state index in [1.54, 1.807) is 0 Å². The van der Waals surface area contributed by atoms with Crippen molar-refractivity contribution in [1.29, 1.82) is 0 Å². The van der Waals surface area contributed by atoms with Gasteiger partial charge in [0.15, 0.2) is 0 Å². The van der Waals surface area contributed by atoms with Crippen LogP contribution in [0.15, 0.2) is 18.2 Å². The van der Waals surface area contributed by atoms with Gasteiger partial charge in [-0.2, -0.15) is 0 Å². The van der Waals surface area contributed by atoms with Crippen molar-refractivity contribution in [2.24, 2.45) is 5.92 Å². The van der Waals surface area contributed by atoms with Crippen LogP contribution in [0.1, 0.15) is 63.9 Å². The number of hydrogen-bond acceptors (Lipinski definition) is 2. The first-order chi connectivity index (χ1) is 8.63. The van der Waals surface area contributed by atoms with Crippen LogP contribution in [-0.2, 0) is 0 Å². The number of aromatic nitrogens is 1. The lowest BCUT2D eigenvalue weighted by Gasteiger charge is -2.19. The van der Waals surface area contributed by atoms with Gasteiger partial charge in [-0.15, -0.1) is 0 Å². The van der Waals surface area contributed by atoms with Gasteiger partial charge in [-0.1, -0.05) is 39.7 Å². The fourth-order valence-electron chi connectivity index (χ4n) is 2.16. The summed E-state index contributed by atoms with van der Waals surface area (Å²) in [6.45, 7) is 9.93. The molecule has 1 unspecified atom stereocenters. The van der Waals surface area contributed by atoms with E-state index < -0.39 is 0 Å². The number of nitrogens with one attached hydrogen (secondary N) is 1. The van der Waals surface area contributed by atoms with Crippen molar-refractivity contribution >= 4 is 0 Å². The summed E-state index contributed by atoms with van der Waals surface area (Å²) in [6.07, 6.45) is 4.94. The van der Waals surface area contributed by atoms with E-state index in [1.165, 1.54) is 31.4 Å². The maximum absolute atomic E-state index is 4.66. The highest BCUT2D eigenvalue weighted by molar-refractivity contribution is 5.13. The van der Waals surface area contributed by atoms with Crippen molar-refractivity contribution in [3.63, 3.8) is 0 Å². The summed E-state index contributed by atoms with van der Waals surface area (Å²) in [5.41, 5.74) is 2.31. The summed E-state index contributed by atoms with van der Waals surface area (Å²) >= 11 is 0. The molecule has 0 aliphatic rings. The van der Waals surface area contributed by atoms with Crippen LogP contribution in [0.2, 0.25) is 0 Å². The zero-order valence-electron chi connectivity index (χ0n) is 12.4. The highest BCUT2D eigenvalue weighted by atomic mass is 14.9. The molecule has 1 rings (SSSR count). The summed E-state index contributed by atoms with van der Waals surface area (Å²) in [5, 5.41) is 3.62. The lowest BCUT2D eigenvalue weighted by atomic mass is 10.0. The standard InChI is InChI=1S/C16H28N2/c1-5-12-17-15(10-6-8-13(2)3)16-11-7-9-14(4)18-16/h7,9,11,13,15,17H,5-6,8,10,12H2,1-4H3. The van der Waals surface area contributed by atoms with E-state index in [-0.39, 0.29) is 0 Å². The van der Waals surface area contributed by atoms with Gasteiger partial charge in [0.1, 0.15) is 0 Å². The highest BCUT2D eigenvalue weighted by Gasteiger charge is 2.12. The summed E-state index contributed by atoms with van der Waals surface area (Å²) in [6, 6.07) is 6.74. The minimum Gasteiger partial charge on any atom is -0.309 e. The van der Waals surface area contributed by atoms with E-state index in [0.717, 1.165) is 18.2 Å². The Hall–Kier alpha value is -0.890. The zero-order chi connectivity index (χ0) is 13.4. The van der Waals surface area contributed by atoms with Crippen LogP contribution >= 0.6 is 0 Å². The van der Waals surface area contributed by atoms with Gasteiger partial charge in [-0.05, 0) is 44.4 Å². The molecule has 0 spiro atoms. The number of aryl methyl sites for hydroxylation is 1. The SMILES string of the molecule is CCCNC(CCCC(C)C)c1cccc(C)n1. The summed E-state index contributed by atoms with van der Waals surface area (Å²) in [7, 11) is 0. The van der Waals surface area contributed by atoms with Crippen LogP contribution in [0.3, 0.4) is 0 Å². The molecule has 0 fully saturated rings. The maximum Gasteiger partial charge on any atom is 0.0576 e. The van der Waals surface area contributed by atoms with Crippen LogP contribution in [0, 0.1) is 12.8 Å². The third-order valence-electron chi connectivity index (χ3n) is 3.18. The first-order valence-corrected chi connectivity index (χ1v) is 7.30. The monoisotopic (exact) mass is 248 g/mol. The molecular formula is C16H28N2. The second-order valence-electron chi connectivity index (χ2n) is 5.54. The number of pyridine rings is 1. The van der Waals surface area contributed by atoms with Crippen molar-refractivity contribution in [1.82, 2.24) is 10.3 Å². The van der Waals surface area contributed by atoms with E-state index in [0.29, 0.717) is 6.04 Å². The van der Waals surface area contributed by atoms with Crippen LogP contribution in [0.4, 0.5) is 0 Å². The Morgan fingerprint density at radius 2 is 2.00 bits per heavy atom. The molecule has 0 amide bonds. The van der Waals surface area contributed by atoms with Gasteiger partial charge < -0.3 is 5.32 Å². The summed E-state index contributed by atoms with van der Waals surface area (Å²) < 4.78 is 0. The Kier molecular flexibility index (Phi) is 6.96. The van der Waals surface area contributed by atoms with Gasteiger partial charge in [0.05, 0.1) is 5.69 Å². The van der Waals surface area contributed by atoms with Gasteiger partial charge in [0, 0.05) is 11.7 Å². The molecule has 1 N–H and O–H groups in total. The molecular weight excluding hydrogens is 220 g/mol. The van der Waals surface area contributed by atoms with Crippen LogP contribution in [-0.4, -0.2) is 11.5 Å². The molecule has 1 aromatic rings. The third kappa shape index (κ3) is 5.63. The molecule has 1 aromatic heterocycles. The van der Waals surface area contributed by atoms with Crippen LogP contribution < -0.4 is 5.32 Å². The Bertz CT molecular complexity index is 334. The van der Waals surface area contributed by atoms with Crippen molar-refractivity contribution in [3.05, 3.63) is 29.6 Å². The second-order valence-corrected chi connectivity index (χ2v) is 5.54. The van der Waals surface area contributed by atoms with Gasteiger partial charge >= 0.3 is 0 Å².